The van der Waals surface area contributed by atoms with E-state index in [2.05, 4.69) is 28.5 Å². The Labute approximate surface area is 101 Å². The van der Waals surface area contributed by atoms with E-state index in [0.717, 1.165) is 23.8 Å². The number of rotatable bonds is 3. The topological polar surface area (TPSA) is 63.8 Å². The van der Waals surface area contributed by atoms with Crippen molar-refractivity contribution in [2.45, 2.75) is 57.5 Å². The molecule has 0 aromatic carbocycles. The van der Waals surface area contributed by atoms with Crippen LogP contribution in [0.15, 0.2) is 0 Å². The summed E-state index contributed by atoms with van der Waals surface area (Å²) in [6.07, 6.45) is 4.79. The van der Waals surface area contributed by atoms with Crippen molar-refractivity contribution in [1.82, 2.24) is 9.36 Å². The molecular formula is C11H20N4S. The Morgan fingerprint density at radius 3 is 2.75 bits per heavy atom. The minimum Gasteiger partial charge on any atom is -0.356 e. The van der Waals surface area contributed by atoms with Crippen LogP contribution in [0.1, 0.15) is 51.3 Å². The van der Waals surface area contributed by atoms with Gasteiger partial charge in [0.25, 0.3) is 0 Å². The zero-order valence-electron chi connectivity index (χ0n) is 9.94. The highest BCUT2D eigenvalue weighted by Gasteiger charge is 2.22. The van der Waals surface area contributed by atoms with Crippen LogP contribution < -0.4 is 11.1 Å². The normalized spacial score (nSPS) is 26.0. The van der Waals surface area contributed by atoms with Crippen molar-refractivity contribution >= 4 is 16.7 Å². The van der Waals surface area contributed by atoms with Gasteiger partial charge in [-0.25, -0.2) is 4.98 Å². The molecule has 3 N–H and O–H groups in total. The first-order chi connectivity index (χ1) is 7.66. The van der Waals surface area contributed by atoms with E-state index in [-0.39, 0.29) is 6.04 Å². The van der Waals surface area contributed by atoms with Crippen molar-refractivity contribution in [2.24, 2.45) is 5.73 Å². The van der Waals surface area contributed by atoms with Gasteiger partial charge in [0.15, 0.2) is 0 Å². The summed E-state index contributed by atoms with van der Waals surface area (Å²) in [4.78, 5) is 4.48. The first kappa shape index (κ1) is 11.8. The van der Waals surface area contributed by atoms with E-state index in [1.54, 1.807) is 0 Å². The van der Waals surface area contributed by atoms with Crippen LogP contribution in [0.3, 0.4) is 0 Å². The van der Waals surface area contributed by atoms with Gasteiger partial charge in [0.1, 0.15) is 5.82 Å². The number of hydrogen-bond donors (Lipinski definition) is 2. The maximum atomic E-state index is 6.09. The van der Waals surface area contributed by atoms with Crippen LogP contribution in [-0.2, 0) is 0 Å². The van der Waals surface area contributed by atoms with Gasteiger partial charge in [-0.1, -0.05) is 26.7 Å². The standard InChI is InChI=1S/C11H20N4S/c1-7(2)10-14-11(16-15-10)13-9-6-4-3-5-8(9)12/h7-9H,3-6,12H2,1-2H3,(H,13,14,15)/t8-,9-/m1/s1. The quantitative estimate of drug-likeness (QED) is 0.851. The maximum absolute atomic E-state index is 6.09. The van der Waals surface area contributed by atoms with E-state index in [0.29, 0.717) is 12.0 Å². The van der Waals surface area contributed by atoms with E-state index in [1.165, 1.54) is 24.4 Å². The highest BCUT2D eigenvalue weighted by molar-refractivity contribution is 7.09. The first-order valence-electron chi connectivity index (χ1n) is 6.02. The Hall–Kier alpha value is -0.680. The monoisotopic (exact) mass is 240 g/mol. The lowest BCUT2D eigenvalue weighted by molar-refractivity contribution is 0.404. The molecule has 90 valence electrons. The SMILES string of the molecule is CC(C)c1nsc(N[C@@H]2CCCC[C@H]2N)n1. The molecule has 2 rings (SSSR count). The van der Waals surface area contributed by atoms with Gasteiger partial charge in [-0.2, -0.15) is 4.37 Å². The molecule has 0 radical (unpaired) electrons. The van der Waals surface area contributed by atoms with Crippen molar-refractivity contribution in [1.29, 1.82) is 0 Å². The predicted molar refractivity (Wildman–Crippen MR) is 67.9 cm³/mol. The first-order valence-corrected chi connectivity index (χ1v) is 6.80. The van der Waals surface area contributed by atoms with Gasteiger partial charge in [0, 0.05) is 29.5 Å². The van der Waals surface area contributed by atoms with Crippen molar-refractivity contribution in [2.75, 3.05) is 5.32 Å². The third-order valence-corrected chi connectivity index (χ3v) is 3.75. The zero-order chi connectivity index (χ0) is 11.5. The van der Waals surface area contributed by atoms with Crippen LogP contribution in [0.2, 0.25) is 0 Å². The molecule has 1 fully saturated rings. The molecule has 2 atom stereocenters. The molecule has 0 unspecified atom stereocenters. The molecule has 0 saturated heterocycles. The summed E-state index contributed by atoms with van der Waals surface area (Å²) in [5, 5.41) is 4.35. The number of nitrogens with two attached hydrogens (primary N) is 1. The van der Waals surface area contributed by atoms with Crippen molar-refractivity contribution in [3.63, 3.8) is 0 Å². The molecule has 16 heavy (non-hydrogen) atoms. The molecule has 0 spiro atoms. The molecule has 5 heteroatoms. The van der Waals surface area contributed by atoms with E-state index in [1.807, 2.05) is 0 Å². The van der Waals surface area contributed by atoms with Crippen molar-refractivity contribution in [3.05, 3.63) is 5.82 Å². The molecule has 1 aliphatic carbocycles. The zero-order valence-corrected chi connectivity index (χ0v) is 10.8. The van der Waals surface area contributed by atoms with Crippen LogP contribution in [-0.4, -0.2) is 21.4 Å². The van der Waals surface area contributed by atoms with Gasteiger partial charge in [-0.3, -0.25) is 0 Å². The summed E-state index contributed by atoms with van der Waals surface area (Å²) in [5.41, 5.74) is 6.09. The number of anilines is 1. The summed E-state index contributed by atoms with van der Waals surface area (Å²) >= 11 is 1.45. The molecule has 1 saturated carbocycles. The van der Waals surface area contributed by atoms with Crippen molar-refractivity contribution in [3.8, 4) is 0 Å². The smallest absolute Gasteiger partial charge is 0.202 e. The van der Waals surface area contributed by atoms with E-state index < -0.39 is 0 Å². The van der Waals surface area contributed by atoms with Gasteiger partial charge in [-0.15, -0.1) is 0 Å². The highest BCUT2D eigenvalue weighted by atomic mass is 32.1. The second kappa shape index (κ2) is 5.10. The van der Waals surface area contributed by atoms with Crippen LogP contribution in [0, 0.1) is 0 Å². The number of nitrogens with zero attached hydrogens (tertiary/aromatic N) is 2. The lowest BCUT2D eigenvalue weighted by atomic mass is 9.91. The van der Waals surface area contributed by atoms with Gasteiger partial charge in [0.2, 0.25) is 5.13 Å². The highest BCUT2D eigenvalue weighted by Crippen LogP contribution is 2.23. The fourth-order valence-electron chi connectivity index (χ4n) is 2.03. The van der Waals surface area contributed by atoms with E-state index in [9.17, 15) is 0 Å². The molecule has 1 heterocycles. The van der Waals surface area contributed by atoms with Crippen LogP contribution >= 0.6 is 11.5 Å². The number of aromatic nitrogens is 2. The largest absolute Gasteiger partial charge is 0.356 e. The summed E-state index contributed by atoms with van der Waals surface area (Å²) in [5.74, 6) is 1.32. The Morgan fingerprint density at radius 2 is 2.12 bits per heavy atom. The second-order valence-electron chi connectivity index (χ2n) is 4.81. The van der Waals surface area contributed by atoms with Crippen LogP contribution in [0.5, 0.6) is 0 Å². The Balaban J connectivity index is 1.97. The van der Waals surface area contributed by atoms with Crippen LogP contribution in [0.25, 0.3) is 0 Å². The molecule has 4 nitrogen and oxygen atoms in total. The molecule has 0 aliphatic heterocycles. The molecule has 1 aromatic rings. The predicted octanol–water partition coefficient (Wildman–Crippen LogP) is 2.34. The lowest BCUT2D eigenvalue weighted by Gasteiger charge is -2.28. The number of hydrogen-bond acceptors (Lipinski definition) is 5. The second-order valence-corrected chi connectivity index (χ2v) is 5.56. The van der Waals surface area contributed by atoms with Crippen molar-refractivity contribution < 1.29 is 0 Å². The van der Waals surface area contributed by atoms with E-state index >= 15 is 0 Å². The van der Waals surface area contributed by atoms with E-state index in [4.69, 9.17) is 5.73 Å². The average molecular weight is 240 g/mol. The third-order valence-electron chi connectivity index (χ3n) is 3.09. The average Bonchev–Trinajstić information content (AvgIpc) is 2.70. The molecule has 0 bridgehead atoms. The summed E-state index contributed by atoms with van der Waals surface area (Å²) in [7, 11) is 0. The van der Waals surface area contributed by atoms with Gasteiger partial charge >= 0.3 is 0 Å². The number of nitrogens with one attached hydrogen (secondary N) is 1. The Kier molecular flexibility index (Phi) is 3.76. The minimum absolute atomic E-state index is 0.264. The third kappa shape index (κ3) is 2.71. The fraction of sp³-hybridized carbons (Fsp3) is 0.818. The fourth-order valence-corrected chi connectivity index (χ4v) is 2.80. The summed E-state index contributed by atoms with van der Waals surface area (Å²) in [6, 6.07) is 0.641. The maximum Gasteiger partial charge on any atom is 0.202 e. The molecule has 1 aliphatic rings. The minimum atomic E-state index is 0.264. The molecule has 1 aromatic heterocycles. The Bertz CT molecular complexity index is 336. The Morgan fingerprint density at radius 1 is 1.38 bits per heavy atom. The van der Waals surface area contributed by atoms with Gasteiger partial charge in [-0.05, 0) is 12.8 Å². The van der Waals surface area contributed by atoms with Gasteiger partial charge < -0.3 is 11.1 Å². The summed E-state index contributed by atoms with van der Waals surface area (Å²) < 4.78 is 4.33. The van der Waals surface area contributed by atoms with Gasteiger partial charge in [0.05, 0.1) is 0 Å². The molecule has 0 amide bonds. The van der Waals surface area contributed by atoms with Crippen LogP contribution in [0.4, 0.5) is 5.13 Å². The molecular weight excluding hydrogens is 220 g/mol. The lowest BCUT2D eigenvalue weighted by Crippen LogP contribution is -2.42. The summed E-state index contributed by atoms with van der Waals surface area (Å²) in [6.45, 7) is 4.22.